The molecular formula is C15H19BrN2OS. The Kier molecular flexibility index (Phi) is 4.70. The molecule has 2 N–H and O–H groups in total. The first-order valence-electron chi connectivity index (χ1n) is 6.71. The molecule has 5 heteroatoms. The third-order valence-corrected chi connectivity index (χ3v) is 5.40. The molecule has 0 aliphatic rings. The van der Waals surface area contributed by atoms with Gasteiger partial charge in [-0.25, -0.2) is 0 Å². The molecule has 2 aromatic rings. The van der Waals surface area contributed by atoms with Gasteiger partial charge in [0.05, 0.1) is 5.69 Å². The molecule has 0 radical (unpaired) electrons. The lowest BCUT2D eigenvalue weighted by molar-refractivity contribution is 0.0742. The minimum absolute atomic E-state index is 0.0107. The van der Waals surface area contributed by atoms with Gasteiger partial charge in [0.2, 0.25) is 0 Å². The van der Waals surface area contributed by atoms with Crippen molar-refractivity contribution in [3.05, 3.63) is 27.5 Å². The molecule has 2 rings (SSSR count). The van der Waals surface area contributed by atoms with E-state index in [-0.39, 0.29) is 11.9 Å². The molecule has 1 aromatic heterocycles. The number of anilines is 1. The summed E-state index contributed by atoms with van der Waals surface area (Å²) >= 11 is 4.97. The topological polar surface area (TPSA) is 46.3 Å². The van der Waals surface area contributed by atoms with E-state index in [1.165, 1.54) is 11.3 Å². The van der Waals surface area contributed by atoms with Crippen molar-refractivity contribution < 1.29 is 4.79 Å². The highest BCUT2D eigenvalue weighted by Gasteiger charge is 2.23. The van der Waals surface area contributed by atoms with Crippen molar-refractivity contribution in [2.24, 2.45) is 0 Å². The molecule has 1 aromatic carbocycles. The monoisotopic (exact) mass is 354 g/mol. The maximum atomic E-state index is 12.6. The Morgan fingerprint density at radius 2 is 2.20 bits per heavy atom. The zero-order chi connectivity index (χ0) is 14.9. The van der Waals surface area contributed by atoms with E-state index >= 15 is 0 Å². The van der Waals surface area contributed by atoms with Crippen LogP contribution in [0.4, 0.5) is 5.69 Å². The van der Waals surface area contributed by atoms with Crippen LogP contribution in [0.2, 0.25) is 0 Å². The van der Waals surface area contributed by atoms with E-state index in [1.807, 2.05) is 25.2 Å². The van der Waals surface area contributed by atoms with Crippen LogP contribution < -0.4 is 5.73 Å². The van der Waals surface area contributed by atoms with Gasteiger partial charge in [0.15, 0.2) is 0 Å². The number of benzene rings is 1. The Morgan fingerprint density at radius 3 is 2.80 bits per heavy atom. The highest BCUT2D eigenvalue weighted by atomic mass is 79.9. The molecule has 0 aliphatic heterocycles. The molecule has 1 atom stereocenters. The highest BCUT2D eigenvalue weighted by molar-refractivity contribution is 9.10. The molecule has 1 heterocycles. The molecule has 0 aliphatic carbocycles. The Morgan fingerprint density at radius 1 is 1.50 bits per heavy atom. The van der Waals surface area contributed by atoms with E-state index in [4.69, 9.17) is 5.73 Å². The van der Waals surface area contributed by atoms with Crippen molar-refractivity contribution in [2.45, 2.75) is 32.7 Å². The Hall–Kier alpha value is -1.07. The average molecular weight is 355 g/mol. The van der Waals surface area contributed by atoms with Crippen molar-refractivity contribution in [1.82, 2.24) is 4.90 Å². The number of rotatable bonds is 4. The molecule has 0 bridgehead atoms. The van der Waals surface area contributed by atoms with Crippen LogP contribution in [0.5, 0.6) is 0 Å². The number of nitrogen functional groups attached to an aromatic ring is 1. The molecule has 0 spiro atoms. The van der Waals surface area contributed by atoms with Gasteiger partial charge >= 0.3 is 0 Å². The van der Waals surface area contributed by atoms with E-state index in [0.717, 1.165) is 27.4 Å². The summed E-state index contributed by atoms with van der Waals surface area (Å²) in [5, 5.41) is 0.942. The second-order valence-electron chi connectivity index (χ2n) is 5.01. The van der Waals surface area contributed by atoms with Crippen LogP contribution >= 0.6 is 27.3 Å². The normalized spacial score (nSPS) is 12.6. The summed E-state index contributed by atoms with van der Waals surface area (Å²) in [5.74, 6) is 0.0107. The van der Waals surface area contributed by atoms with Crippen LogP contribution in [-0.4, -0.2) is 23.9 Å². The molecule has 0 fully saturated rings. The second kappa shape index (κ2) is 6.14. The average Bonchev–Trinajstić information content (AvgIpc) is 2.76. The van der Waals surface area contributed by atoms with Crippen molar-refractivity contribution in [3.63, 3.8) is 0 Å². The van der Waals surface area contributed by atoms with Gasteiger partial charge in [0.25, 0.3) is 5.91 Å². The molecule has 0 saturated heterocycles. The third kappa shape index (κ3) is 2.69. The standard InChI is InChI=1S/C15H19BrN2OS/c1-4-6-9(2)18(3)15(19)14-13(17)12-10(16)7-5-8-11(12)20-14/h5,7-9H,4,6,17H2,1-3H3. The largest absolute Gasteiger partial charge is 0.397 e. The lowest BCUT2D eigenvalue weighted by Gasteiger charge is -2.24. The van der Waals surface area contributed by atoms with Gasteiger partial charge in [0, 0.05) is 27.6 Å². The van der Waals surface area contributed by atoms with Crippen molar-refractivity contribution >= 4 is 48.9 Å². The fraction of sp³-hybridized carbons (Fsp3) is 0.400. The van der Waals surface area contributed by atoms with E-state index in [2.05, 4.69) is 29.8 Å². The van der Waals surface area contributed by atoms with Gasteiger partial charge in [0.1, 0.15) is 4.88 Å². The summed E-state index contributed by atoms with van der Waals surface area (Å²) in [4.78, 5) is 15.0. The van der Waals surface area contributed by atoms with Crippen molar-refractivity contribution in [1.29, 1.82) is 0 Å². The van der Waals surface area contributed by atoms with E-state index < -0.39 is 0 Å². The number of carbonyl (C=O) groups excluding carboxylic acids is 1. The smallest absolute Gasteiger partial charge is 0.266 e. The van der Waals surface area contributed by atoms with Crippen LogP contribution in [0.3, 0.4) is 0 Å². The number of amides is 1. The number of halogens is 1. The van der Waals surface area contributed by atoms with Crippen LogP contribution in [0.1, 0.15) is 36.4 Å². The first kappa shape index (κ1) is 15.3. The van der Waals surface area contributed by atoms with Crippen LogP contribution in [0.15, 0.2) is 22.7 Å². The van der Waals surface area contributed by atoms with E-state index in [9.17, 15) is 4.79 Å². The number of thiophene rings is 1. The van der Waals surface area contributed by atoms with Crippen LogP contribution in [0.25, 0.3) is 10.1 Å². The number of nitrogens with two attached hydrogens (primary N) is 1. The fourth-order valence-electron chi connectivity index (χ4n) is 2.26. The zero-order valence-corrected chi connectivity index (χ0v) is 14.3. The zero-order valence-electron chi connectivity index (χ0n) is 11.9. The van der Waals surface area contributed by atoms with Crippen molar-refractivity contribution in [2.75, 3.05) is 12.8 Å². The maximum Gasteiger partial charge on any atom is 0.266 e. The third-order valence-electron chi connectivity index (χ3n) is 3.58. The van der Waals surface area contributed by atoms with Gasteiger partial charge in [-0.1, -0.05) is 35.3 Å². The van der Waals surface area contributed by atoms with Crippen LogP contribution in [-0.2, 0) is 0 Å². The number of hydrogen-bond acceptors (Lipinski definition) is 3. The van der Waals surface area contributed by atoms with Gasteiger partial charge < -0.3 is 10.6 Å². The van der Waals surface area contributed by atoms with Gasteiger partial charge in [-0.2, -0.15) is 0 Å². The highest BCUT2D eigenvalue weighted by Crippen LogP contribution is 2.38. The quantitative estimate of drug-likeness (QED) is 0.877. The molecule has 20 heavy (non-hydrogen) atoms. The summed E-state index contributed by atoms with van der Waals surface area (Å²) in [6.07, 6.45) is 2.06. The summed E-state index contributed by atoms with van der Waals surface area (Å²) in [6.45, 7) is 4.19. The Labute approximate surface area is 131 Å². The van der Waals surface area contributed by atoms with Gasteiger partial charge in [-0.15, -0.1) is 11.3 Å². The maximum absolute atomic E-state index is 12.6. The van der Waals surface area contributed by atoms with Gasteiger partial charge in [-0.3, -0.25) is 4.79 Å². The van der Waals surface area contributed by atoms with E-state index in [0.29, 0.717) is 10.6 Å². The fourth-order valence-corrected chi connectivity index (χ4v) is 4.10. The molecule has 3 nitrogen and oxygen atoms in total. The number of hydrogen-bond donors (Lipinski definition) is 1. The van der Waals surface area contributed by atoms with Crippen LogP contribution in [0, 0.1) is 0 Å². The SMILES string of the molecule is CCCC(C)N(C)C(=O)c1sc2cccc(Br)c2c1N. The predicted molar refractivity (Wildman–Crippen MR) is 90.4 cm³/mol. The second-order valence-corrected chi connectivity index (χ2v) is 6.92. The Bertz CT molecular complexity index is 638. The number of fused-ring (bicyclic) bond motifs is 1. The summed E-state index contributed by atoms with van der Waals surface area (Å²) in [7, 11) is 1.85. The Balaban J connectivity index is 2.40. The predicted octanol–water partition coefficient (Wildman–Crippen LogP) is 4.51. The molecule has 0 saturated carbocycles. The first-order chi connectivity index (χ1) is 9.47. The first-order valence-corrected chi connectivity index (χ1v) is 8.32. The molecule has 1 unspecified atom stereocenters. The molecule has 108 valence electrons. The van der Waals surface area contributed by atoms with Crippen molar-refractivity contribution in [3.8, 4) is 0 Å². The molecule has 1 amide bonds. The number of carbonyl (C=O) groups is 1. The summed E-state index contributed by atoms with van der Waals surface area (Å²) in [5.41, 5.74) is 6.77. The lowest BCUT2D eigenvalue weighted by atomic mass is 10.1. The molecular weight excluding hydrogens is 336 g/mol. The number of nitrogens with zero attached hydrogens (tertiary/aromatic N) is 1. The lowest BCUT2D eigenvalue weighted by Crippen LogP contribution is -2.34. The van der Waals surface area contributed by atoms with Gasteiger partial charge in [-0.05, 0) is 25.5 Å². The summed E-state index contributed by atoms with van der Waals surface area (Å²) in [6, 6.07) is 6.12. The minimum atomic E-state index is 0.0107. The minimum Gasteiger partial charge on any atom is -0.397 e. The van der Waals surface area contributed by atoms with E-state index in [1.54, 1.807) is 4.90 Å². The summed E-state index contributed by atoms with van der Waals surface area (Å²) < 4.78 is 1.98.